The van der Waals surface area contributed by atoms with Crippen LogP contribution < -0.4 is 16.1 Å². The summed E-state index contributed by atoms with van der Waals surface area (Å²) < 4.78 is 17.3. The number of rotatable bonds is 5. The molecule has 4 bridgehead atoms. The fourth-order valence-electron chi connectivity index (χ4n) is 6.43. The van der Waals surface area contributed by atoms with Crippen LogP contribution in [0.25, 0.3) is 6.08 Å². The summed E-state index contributed by atoms with van der Waals surface area (Å²) in [6, 6.07) is 11.2. The molecule has 0 saturated carbocycles. The molecule has 7 atom stereocenters. The minimum Gasteiger partial charge on any atom is -0.508 e. The van der Waals surface area contributed by atoms with Gasteiger partial charge < -0.3 is 30.0 Å². The Morgan fingerprint density at radius 1 is 0.980 bits per heavy atom. The number of hydrogen-bond donors (Lipinski definition) is 4. The number of hydrazine groups is 1. The molecule has 3 amide bonds. The first-order valence-electron chi connectivity index (χ1n) is 16.9. The lowest BCUT2D eigenvalue weighted by Crippen LogP contribution is -2.62. The first kappa shape index (κ1) is 37.6. The summed E-state index contributed by atoms with van der Waals surface area (Å²) in [6.45, 7) is 7.67. The van der Waals surface area contributed by atoms with Crippen LogP contribution in [0.2, 0.25) is 0 Å². The number of benzene rings is 2. The summed E-state index contributed by atoms with van der Waals surface area (Å²) in [5, 5.41) is 17.2. The summed E-state index contributed by atoms with van der Waals surface area (Å²) in [7, 11) is 3.14. The van der Waals surface area contributed by atoms with Gasteiger partial charge in [-0.1, -0.05) is 70.2 Å². The second-order valence-corrected chi connectivity index (χ2v) is 13.2. The molecule has 12 heteroatoms. The van der Waals surface area contributed by atoms with E-state index in [4.69, 9.17) is 14.2 Å². The summed E-state index contributed by atoms with van der Waals surface area (Å²) in [5.74, 6) is -3.09. The lowest BCUT2D eigenvalue weighted by Gasteiger charge is -2.36. The largest absolute Gasteiger partial charge is 0.508 e. The monoisotopic (exact) mass is 678 g/mol. The summed E-state index contributed by atoms with van der Waals surface area (Å²) in [4.78, 5) is 54.8. The first-order chi connectivity index (χ1) is 23.4. The minimum absolute atomic E-state index is 0.0218. The van der Waals surface area contributed by atoms with Crippen LogP contribution in [-0.2, 0) is 46.4 Å². The number of nitrogens with one attached hydrogen (secondary N) is 3. The van der Waals surface area contributed by atoms with Crippen molar-refractivity contribution in [3.05, 3.63) is 71.3 Å². The Balaban J connectivity index is 1.70. The van der Waals surface area contributed by atoms with E-state index in [1.807, 2.05) is 57.2 Å². The van der Waals surface area contributed by atoms with Gasteiger partial charge in [0.1, 0.15) is 30.5 Å². The highest BCUT2D eigenvalue weighted by atomic mass is 16.5. The molecule has 0 spiro atoms. The number of amides is 3. The third-order valence-corrected chi connectivity index (χ3v) is 9.25. The maximum atomic E-state index is 14.0. The van der Waals surface area contributed by atoms with Gasteiger partial charge in [-0.3, -0.25) is 24.2 Å². The number of esters is 1. The van der Waals surface area contributed by atoms with E-state index in [0.29, 0.717) is 24.9 Å². The SMILES string of the molecule is COC1C=Cc2cccc(c2)COC(=O)C2CCCN(N2)C(=O)C(Cc2cccc(O)c2)NC(=O)C(C(C)C)NC(=O)C(C)C(OC)C1C. The number of aromatic hydroxyl groups is 1. The third kappa shape index (κ3) is 9.90. The molecule has 266 valence electrons. The molecule has 2 aliphatic rings. The van der Waals surface area contributed by atoms with Gasteiger partial charge in [0.15, 0.2) is 0 Å². The van der Waals surface area contributed by atoms with E-state index in [9.17, 15) is 24.3 Å². The number of ether oxygens (including phenoxy) is 3. The molecule has 4 rings (SSSR count). The van der Waals surface area contributed by atoms with Crippen LogP contribution in [0.4, 0.5) is 0 Å². The molecule has 49 heavy (non-hydrogen) atoms. The van der Waals surface area contributed by atoms with Crippen molar-refractivity contribution in [3.8, 4) is 5.75 Å². The fourth-order valence-corrected chi connectivity index (χ4v) is 6.43. The number of carbonyl (C=O) groups is 4. The van der Waals surface area contributed by atoms with Crippen LogP contribution in [0.5, 0.6) is 5.75 Å². The lowest BCUT2D eigenvalue weighted by molar-refractivity contribution is -0.154. The van der Waals surface area contributed by atoms with Crippen LogP contribution in [-0.4, -0.2) is 84.9 Å². The van der Waals surface area contributed by atoms with Gasteiger partial charge in [0.25, 0.3) is 5.91 Å². The Kier molecular flexibility index (Phi) is 13.3. The summed E-state index contributed by atoms with van der Waals surface area (Å²) >= 11 is 0. The minimum atomic E-state index is -1.08. The molecule has 0 radical (unpaired) electrons. The fraction of sp³-hybridized carbons (Fsp3) is 0.514. The average Bonchev–Trinajstić information content (AvgIpc) is 3.09. The molecule has 12 nitrogen and oxygen atoms in total. The molecule has 0 aliphatic carbocycles. The number of methoxy groups -OCH3 is 2. The van der Waals surface area contributed by atoms with Crippen molar-refractivity contribution >= 4 is 29.8 Å². The quantitative estimate of drug-likeness (QED) is 0.349. The van der Waals surface area contributed by atoms with Gasteiger partial charge in [-0.15, -0.1) is 0 Å². The lowest BCUT2D eigenvalue weighted by atomic mass is 9.87. The van der Waals surface area contributed by atoms with E-state index in [1.165, 1.54) is 17.1 Å². The van der Waals surface area contributed by atoms with E-state index in [2.05, 4.69) is 16.1 Å². The zero-order valence-corrected chi connectivity index (χ0v) is 29.2. The van der Waals surface area contributed by atoms with Gasteiger partial charge in [0.2, 0.25) is 11.8 Å². The van der Waals surface area contributed by atoms with Crippen LogP contribution in [0, 0.1) is 17.8 Å². The zero-order chi connectivity index (χ0) is 35.7. The van der Waals surface area contributed by atoms with Crippen LogP contribution in [0.15, 0.2) is 54.6 Å². The van der Waals surface area contributed by atoms with Crippen molar-refractivity contribution in [3.63, 3.8) is 0 Å². The number of phenols is 1. The van der Waals surface area contributed by atoms with Crippen LogP contribution in [0.1, 0.15) is 57.2 Å². The molecular weight excluding hydrogens is 628 g/mol. The van der Waals surface area contributed by atoms with Gasteiger partial charge in [0, 0.05) is 33.1 Å². The number of hydrogen-bond acceptors (Lipinski definition) is 9. The number of phenolic OH excluding ortho intramolecular Hbond substituents is 1. The molecule has 0 aromatic heterocycles. The molecule has 2 aromatic rings. The highest BCUT2D eigenvalue weighted by molar-refractivity contribution is 5.93. The van der Waals surface area contributed by atoms with E-state index >= 15 is 0 Å². The van der Waals surface area contributed by atoms with Gasteiger partial charge in [-0.05, 0) is 53.6 Å². The van der Waals surface area contributed by atoms with E-state index in [0.717, 1.165) is 11.1 Å². The maximum Gasteiger partial charge on any atom is 0.325 e. The number of carbonyl (C=O) groups excluding carboxylic acids is 4. The molecular formula is C37H50N4O8. The second-order valence-electron chi connectivity index (χ2n) is 13.2. The highest BCUT2D eigenvalue weighted by Gasteiger charge is 2.38. The summed E-state index contributed by atoms with van der Waals surface area (Å²) in [6.07, 6.45) is 3.92. The zero-order valence-electron chi connectivity index (χ0n) is 29.2. The van der Waals surface area contributed by atoms with Gasteiger partial charge >= 0.3 is 5.97 Å². The molecule has 4 N–H and O–H groups in total. The Labute approximate surface area is 288 Å². The summed E-state index contributed by atoms with van der Waals surface area (Å²) in [5.41, 5.74) is 5.30. The Bertz CT molecular complexity index is 1500. The second kappa shape index (κ2) is 17.4. The topological polar surface area (TPSA) is 156 Å². The van der Waals surface area contributed by atoms with E-state index in [1.54, 1.807) is 33.3 Å². The van der Waals surface area contributed by atoms with E-state index in [-0.39, 0.29) is 36.5 Å². The average molecular weight is 679 g/mol. The predicted molar refractivity (Wildman–Crippen MR) is 184 cm³/mol. The van der Waals surface area contributed by atoms with Crippen molar-refractivity contribution < 1.29 is 38.5 Å². The maximum absolute atomic E-state index is 14.0. The van der Waals surface area contributed by atoms with Crippen molar-refractivity contribution in [1.29, 1.82) is 0 Å². The highest BCUT2D eigenvalue weighted by Crippen LogP contribution is 2.24. The van der Waals surface area contributed by atoms with E-state index < -0.39 is 54.0 Å². The Morgan fingerprint density at radius 3 is 2.43 bits per heavy atom. The molecule has 2 heterocycles. The van der Waals surface area contributed by atoms with Gasteiger partial charge in [0.05, 0.1) is 18.1 Å². The smallest absolute Gasteiger partial charge is 0.325 e. The number of fused-ring (bicyclic) bond motifs is 4. The van der Waals surface area contributed by atoms with Crippen molar-refractivity contribution in [2.75, 3.05) is 20.8 Å². The first-order valence-corrected chi connectivity index (χ1v) is 16.9. The molecule has 1 fully saturated rings. The van der Waals surface area contributed by atoms with Crippen LogP contribution in [0.3, 0.4) is 0 Å². The number of nitrogens with zero attached hydrogens (tertiary/aromatic N) is 1. The standard InChI is InChI=1S/C37H50N4O8/c1-22(2)32-35(44)38-30(20-26-11-8-13-28(42)19-26)36(45)41-17-9-14-29(40-41)37(46)49-21-27-12-7-10-25(18-27)15-16-31(47-5)23(3)33(48-6)24(4)34(43)39-32/h7-8,10-13,15-16,18-19,22-24,29-33,40,42H,9,14,17,20-21H2,1-6H3,(H,38,44)(H,39,43). The van der Waals surface area contributed by atoms with Crippen molar-refractivity contribution in [1.82, 2.24) is 21.1 Å². The van der Waals surface area contributed by atoms with Crippen LogP contribution >= 0.6 is 0 Å². The molecule has 7 unspecified atom stereocenters. The third-order valence-electron chi connectivity index (χ3n) is 9.25. The predicted octanol–water partition coefficient (Wildman–Crippen LogP) is 3.13. The van der Waals surface area contributed by atoms with Gasteiger partial charge in [-0.25, -0.2) is 5.43 Å². The molecule has 2 aromatic carbocycles. The number of cyclic esters (lactones) is 1. The molecule has 2 aliphatic heterocycles. The van der Waals surface area contributed by atoms with Crippen molar-refractivity contribution in [2.45, 2.75) is 83.9 Å². The Morgan fingerprint density at radius 2 is 1.73 bits per heavy atom. The molecule has 1 saturated heterocycles. The normalized spacial score (nSPS) is 27.8. The van der Waals surface area contributed by atoms with Gasteiger partial charge in [-0.2, -0.15) is 0 Å². The van der Waals surface area contributed by atoms with Crippen molar-refractivity contribution in [2.24, 2.45) is 17.8 Å². The Hall–Kier alpha value is -4.26.